The summed E-state index contributed by atoms with van der Waals surface area (Å²) in [6, 6.07) is 0.673. The molecule has 0 radical (unpaired) electrons. The fraction of sp³-hybridized carbons (Fsp3) is 0.818. The molecule has 0 aromatic rings. The molecule has 0 aromatic heterocycles. The van der Waals surface area contributed by atoms with Crippen LogP contribution in [0.5, 0.6) is 0 Å². The van der Waals surface area contributed by atoms with Crippen LogP contribution in [0.25, 0.3) is 0 Å². The highest BCUT2D eigenvalue weighted by atomic mass is 32.2. The molecule has 2 heteroatoms. The predicted molar refractivity (Wildman–Crippen MR) is 64.5 cm³/mol. The van der Waals surface area contributed by atoms with Crippen LogP contribution in [0.4, 0.5) is 0 Å². The van der Waals surface area contributed by atoms with Crippen molar-refractivity contribution >= 4 is 11.8 Å². The molecule has 1 N–H and O–H groups in total. The van der Waals surface area contributed by atoms with E-state index in [1.165, 1.54) is 24.2 Å². The third kappa shape index (κ3) is 8.38. The molecule has 0 saturated heterocycles. The molecule has 0 amide bonds. The fourth-order valence-electron chi connectivity index (χ4n) is 1.21. The van der Waals surface area contributed by atoms with Crippen molar-refractivity contribution in [2.24, 2.45) is 0 Å². The first-order valence-electron chi connectivity index (χ1n) is 5.07. The molecule has 13 heavy (non-hydrogen) atoms. The molecular weight excluding hydrogens is 178 g/mol. The number of thioether (sulfide) groups is 1. The minimum Gasteiger partial charge on any atom is -0.313 e. The minimum absolute atomic E-state index is 0.673. The van der Waals surface area contributed by atoms with Gasteiger partial charge in [-0.05, 0) is 39.0 Å². The molecular formula is C11H23NS. The lowest BCUT2D eigenvalue weighted by atomic mass is 10.1. The van der Waals surface area contributed by atoms with Crippen LogP contribution in [0.15, 0.2) is 12.2 Å². The van der Waals surface area contributed by atoms with Gasteiger partial charge in [0.05, 0.1) is 0 Å². The first-order chi connectivity index (χ1) is 6.20. The number of allylic oxidation sites excluding steroid dienone is 1. The maximum atomic E-state index is 3.93. The largest absolute Gasteiger partial charge is 0.313 e. The predicted octanol–water partition coefficient (Wildman–Crippen LogP) is 3.07. The van der Waals surface area contributed by atoms with Crippen LogP contribution >= 0.6 is 11.8 Å². The molecule has 0 aliphatic heterocycles. The standard InChI is InChI=1S/C11H23NS/c1-5-8-12-11(9-13-4)7-6-10(2)3/h11-12H,2,5-9H2,1,3-4H3. The van der Waals surface area contributed by atoms with E-state index in [1.807, 2.05) is 11.8 Å². The third-order valence-corrected chi connectivity index (χ3v) is 2.71. The van der Waals surface area contributed by atoms with E-state index in [9.17, 15) is 0 Å². The fourth-order valence-corrected chi connectivity index (χ4v) is 1.90. The number of hydrogen-bond acceptors (Lipinski definition) is 2. The van der Waals surface area contributed by atoms with Gasteiger partial charge < -0.3 is 5.32 Å². The molecule has 78 valence electrons. The molecule has 0 fully saturated rings. The molecule has 0 aliphatic rings. The summed E-state index contributed by atoms with van der Waals surface area (Å²) in [6.45, 7) is 9.39. The Bertz CT molecular complexity index is 134. The van der Waals surface area contributed by atoms with Crippen molar-refractivity contribution in [2.75, 3.05) is 18.6 Å². The van der Waals surface area contributed by atoms with E-state index in [0.29, 0.717) is 6.04 Å². The Morgan fingerprint density at radius 3 is 2.69 bits per heavy atom. The van der Waals surface area contributed by atoms with E-state index in [4.69, 9.17) is 0 Å². The monoisotopic (exact) mass is 201 g/mol. The van der Waals surface area contributed by atoms with Gasteiger partial charge in [0.25, 0.3) is 0 Å². The Labute approximate surface area is 87.4 Å². The third-order valence-electron chi connectivity index (χ3n) is 1.97. The van der Waals surface area contributed by atoms with Gasteiger partial charge in [-0.3, -0.25) is 0 Å². The van der Waals surface area contributed by atoms with E-state index in [0.717, 1.165) is 13.0 Å². The molecule has 0 aliphatic carbocycles. The lowest BCUT2D eigenvalue weighted by molar-refractivity contribution is 0.519. The van der Waals surface area contributed by atoms with E-state index < -0.39 is 0 Å². The quantitative estimate of drug-likeness (QED) is 0.606. The highest BCUT2D eigenvalue weighted by Crippen LogP contribution is 2.08. The molecule has 0 aromatic carbocycles. The van der Waals surface area contributed by atoms with Gasteiger partial charge in [0.15, 0.2) is 0 Å². The van der Waals surface area contributed by atoms with Crippen LogP contribution in [0.1, 0.15) is 33.1 Å². The van der Waals surface area contributed by atoms with Crippen LogP contribution in [0.2, 0.25) is 0 Å². The SMILES string of the molecule is C=C(C)CCC(CSC)NCCC. The van der Waals surface area contributed by atoms with Gasteiger partial charge in [-0.25, -0.2) is 0 Å². The molecule has 1 atom stereocenters. The van der Waals surface area contributed by atoms with E-state index in [2.05, 4.69) is 32.0 Å². The molecule has 0 heterocycles. The van der Waals surface area contributed by atoms with Gasteiger partial charge >= 0.3 is 0 Å². The van der Waals surface area contributed by atoms with Crippen LogP contribution in [0, 0.1) is 0 Å². The Morgan fingerprint density at radius 1 is 1.54 bits per heavy atom. The van der Waals surface area contributed by atoms with Crippen LogP contribution in [-0.4, -0.2) is 24.6 Å². The zero-order valence-corrected chi connectivity index (χ0v) is 10.0. The van der Waals surface area contributed by atoms with Crippen molar-refractivity contribution in [3.05, 3.63) is 12.2 Å². The first kappa shape index (κ1) is 13.1. The van der Waals surface area contributed by atoms with Gasteiger partial charge in [0, 0.05) is 11.8 Å². The number of rotatable bonds is 8. The molecule has 1 nitrogen and oxygen atoms in total. The van der Waals surface area contributed by atoms with Crippen molar-refractivity contribution in [1.29, 1.82) is 0 Å². The van der Waals surface area contributed by atoms with Gasteiger partial charge in [0.2, 0.25) is 0 Å². The highest BCUT2D eigenvalue weighted by molar-refractivity contribution is 7.98. The molecule has 0 bridgehead atoms. The molecule has 0 spiro atoms. The van der Waals surface area contributed by atoms with E-state index in [-0.39, 0.29) is 0 Å². The van der Waals surface area contributed by atoms with Crippen LogP contribution in [-0.2, 0) is 0 Å². The second-order valence-electron chi connectivity index (χ2n) is 3.60. The topological polar surface area (TPSA) is 12.0 Å². The summed E-state index contributed by atoms with van der Waals surface area (Å²) >= 11 is 1.92. The van der Waals surface area contributed by atoms with E-state index in [1.54, 1.807) is 0 Å². The second-order valence-corrected chi connectivity index (χ2v) is 4.51. The summed E-state index contributed by atoms with van der Waals surface area (Å²) in [5.41, 5.74) is 1.30. The minimum atomic E-state index is 0.673. The Hall–Kier alpha value is 0.0500. The first-order valence-corrected chi connectivity index (χ1v) is 6.46. The lowest BCUT2D eigenvalue weighted by Crippen LogP contribution is -2.31. The van der Waals surface area contributed by atoms with Crippen molar-refractivity contribution < 1.29 is 0 Å². The number of nitrogens with one attached hydrogen (secondary N) is 1. The van der Waals surface area contributed by atoms with Gasteiger partial charge in [-0.2, -0.15) is 11.8 Å². The summed E-state index contributed by atoms with van der Waals surface area (Å²) in [4.78, 5) is 0. The molecule has 0 saturated carbocycles. The maximum Gasteiger partial charge on any atom is 0.0161 e. The Morgan fingerprint density at radius 2 is 2.23 bits per heavy atom. The number of hydrogen-bond donors (Lipinski definition) is 1. The van der Waals surface area contributed by atoms with Crippen molar-refractivity contribution in [3.8, 4) is 0 Å². The summed E-state index contributed by atoms with van der Waals surface area (Å²) in [6.07, 6.45) is 5.78. The Kier molecular flexibility index (Phi) is 8.67. The molecule has 1 unspecified atom stereocenters. The van der Waals surface area contributed by atoms with Crippen molar-refractivity contribution in [3.63, 3.8) is 0 Å². The average Bonchev–Trinajstić information content (AvgIpc) is 2.09. The summed E-state index contributed by atoms with van der Waals surface area (Å²) in [7, 11) is 0. The van der Waals surface area contributed by atoms with Gasteiger partial charge in [-0.15, -0.1) is 6.58 Å². The highest BCUT2D eigenvalue weighted by Gasteiger charge is 2.05. The van der Waals surface area contributed by atoms with Crippen LogP contribution in [0.3, 0.4) is 0 Å². The zero-order chi connectivity index (χ0) is 10.1. The summed E-state index contributed by atoms with van der Waals surface area (Å²) < 4.78 is 0. The van der Waals surface area contributed by atoms with Crippen molar-refractivity contribution in [2.45, 2.75) is 39.2 Å². The van der Waals surface area contributed by atoms with Crippen LogP contribution < -0.4 is 5.32 Å². The smallest absolute Gasteiger partial charge is 0.0161 e. The Balaban J connectivity index is 3.59. The normalized spacial score (nSPS) is 12.8. The average molecular weight is 201 g/mol. The van der Waals surface area contributed by atoms with Gasteiger partial charge in [-0.1, -0.05) is 12.5 Å². The van der Waals surface area contributed by atoms with Crippen molar-refractivity contribution in [1.82, 2.24) is 5.32 Å². The second kappa shape index (κ2) is 8.64. The van der Waals surface area contributed by atoms with Gasteiger partial charge in [0.1, 0.15) is 0 Å². The lowest BCUT2D eigenvalue weighted by Gasteiger charge is -2.17. The molecule has 0 rings (SSSR count). The zero-order valence-electron chi connectivity index (χ0n) is 9.23. The summed E-state index contributed by atoms with van der Waals surface area (Å²) in [5, 5.41) is 3.56. The van der Waals surface area contributed by atoms with E-state index >= 15 is 0 Å². The summed E-state index contributed by atoms with van der Waals surface area (Å²) in [5.74, 6) is 1.22. The maximum absolute atomic E-state index is 3.93.